The number of carbonyl (C=O) groups excluding carboxylic acids is 1. The standard InChI is InChI=1S/C13H16O3/c1-2-16-13(15)12(14)11-7-6-9-4-3-5-10(9)8-11/h6-8,12,14H,2-5H2,1H3. The Morgan fingerprint density at radius 3 is 2.94 bits per heavy atom. The highest BCUT2D eigenvalue weighted by Gasteiger charge is 2.20. The number of hydrogen-bond acceptors (Lipinski definition) is 3. The second-order valence-corrected chi connectivity index (χ2v) is 4.04. The van der Waals surface area contributed by atoms with Crippen LogP contribution in [0.4, 0.5) is 0 Å². The predicted octanol–water partition coefficient (Wildman–Crippen LogP) is 1.77. The first-order valence-electron chi connectivity index (χ1n) is 5.68. The molecular weight excluding hydrogens is 204 g/mol. The van der Waals surface area contributed by atoms with Crippen molar-refractivity contribution in [2.45, 2.75) is 32.3 Å². The minimum absolute atomic E-state index is 0.292. The van der Waals surface area contributed by atoms with E-state index >= 15 is 0 Å². The van der Waals surface area contributed by atoms with Crippen molar-refractivity contribution in [3.8, 4) is 0 Å². The summed E-state index contributed by atoms with van der Waals surface area (Å²) in [5.41, 5.74) is 3.22. The molecule has 0 saturated carbocycles. The Hall–Kier alpha value is -1.35. The number of hydrogen-bond donors (Lipinski definition) is 1. The van der Waals surface area contributed by atoms with Crippen molar-refractivity contribution in [3.63, 3.8) is 0 Å². The second kappa shape index (κ2) is 4.66. The van der Waals surface area contributed by atoms with Crippen LogP contribution in [-0.2, 0) is 22.4 Å². The highest BCUT2D eigenvalue weighted by atomic mass is 16.5. The van der Waals surface area contributed by atoms with Gasteiger partial charge in [-0.3, -0.25) is 0 Å². The van der Waals surface area contributed by atoms with Gasteiger partial charge in [0.2, 0.25) is 0 Å². The lowest BCUT2D eigenvalue weighted by atomic mass is 10.0. The molecule has 0 heterocycles. The molecule has 2 rings (SSSR count). The van der Waals surface area contributed by atoms with Crippen molar-refractivity contribution in [2.75, 3.05) is 6.61 Å². The Kier molecular flexibility index (Phi) is 3.25. The van der Waals surface area contributed by atoms with E-state index in [1.807, 2.05) is 18.2 Å². The minimum Gasteiger partial charge on any atom is -0.464 e. The van der Waals surface area contributed by atoms with Crippen LogP contribution in [0.1, 0.15) is 36.1 Å². The molecule has 1 atom stereocenters. The summed E-state index contributed by atoms with van der Waals surface area (Å²) >= 11 is 0. The monoisotopic (exact) mass is 220 g/mol. The molecule has 0 amide bonds. The summed E-state index contributed by atoms with van der Waals surface area (Å²) in [5, 5.41) is 9.78. The topological polar surface area (TPSA) is 46.5 Å². The van der Waals surface area contributed by atoms with Crippen LogP contribution < -0.4 is 0 Å². The lowest BCUT2D eigenvalue weighted by molar-refractivity contribution is -0.153. The number of carbonyl (C=O) groups is 1. The molecule has 16 heavy (non-hydrogen) atoms. The van der Waals surface area contributed by atoms with Crippen molar-refractivity contribution in [3.05, 3.63) is 34.9 Å². The van der Waals surface area contributed by atoms with Gasteiger partial charge in [0, 0.05) is 0 Å². The third kappa shape index (κ3) is 2.09. The summed E-state index contributed by atoms with van der Waals surface area (Å²) in [6, 6.07) is 5.73. The summed E-state index contributed by atoms with van der Waals surface area (Å²) in [6.07, 6.45) is 2.16. The van der Waals surface area contributed by atoms with Crippen molar-refractivity contribution in [1.29, 1.82) is 0 Å². The molecule has 3 nitrogen and oxygen atoms in total. The van der Waals surface area contributed by atoms with E-state index in [4.69, 9.17) is 4.74 Å². The molecule has 1 unspecified atom stereocenters. The Morgan fingerprint density at radius 2 is 2.19 bits per heavy atom. The third-order valence-electron chi connectivity index (χ3n) is 2.95. The molecule has 1 aromatic carbocycles. The molecule has 0 aliphatic heterocycles. The van der Waals surface area contributed by atoms with Crippen molar-refractivity contribution >= 4 is 5.97 Å². The fraction of sp³-hybridized carbons (Fsp3) is 0.462. The van der Waals surface area contributed by atoms with Gasteiger partial charge < -0.3 is 9.84 Å². The normalized spacial score (nSPS) is 15.6. The maximum atomic E-state index is 11.4. The fourth-order valence-electron chi connectivity index (χ4n) is 2.12. The molecule has 0 radical (unpaired) electrons. The van der Waals surface area contributed by atoms with Gasteiger partial charge >= 0.3 is 5.97 Å². The molecule has 0 fully saturated rings. The molecule has 0 bridgehead atoms. The molecular formula is C13H16O3. The van der Waals surface area contributed by atoms with Crippen molar-refractivity contribution in [2.24, 2.45) is 0 Å². The zero-order valence-electron chi connectivity index (χ0n) is 9.40. The summed E-state index contributed by atoms with van der Waals surface area (Å²) in [7, 11) is 0. The molecule has 86 valence electrons. The molecule has 1 N–H and O–H groups in total. The van der Waals surface area contributed by atoms with Gasteiger partial charge in [-0.25, -0.2) is 4.79 Å². The fourth-order valence-corrected chi connectivity index (χ4v) is 2.12. The SMILES string of the molecule is CCOC(=O)C(O)c1ccc2c(c1)CCC2. The summed E-state index contributed by atoms with van der Waals surface area (Å²) in [6.45, 7) is 2.02. The van der Waals surface area contributed by atoms with Crippen LogP contribution in [-0.4, -0.2) is 17.7 Å². The Balaban J connectivity index is 2.18. The molecule has 3 heteroatoms. The van der Waals surface area contributed by atoms with Crippen LogP contribution in [0.2, 0.25) is 0 Å². The smallest absolute Gasteiger partial charge is 0.339 e. The summed E-state index contributed by atoms with van der Waals surface area (Å²) < 4.78 is 4.79. The highest BCUT2D eigenvalue weighted by molar-refractivity contribution is 5.76. The van der Waals surface area contributed by atoms with Crippen LogP contribution in [0.15, 0.2) is 18.2 Å². The van der Waals surface area contributed by atoms with E-state index in [0.29, 0.717) is 12.2 Å². The number of ether oxygens (including phenoxy) is 1. The maximum Gasteiger partial charge on any atom is 0.339 e. The first-order valence-corrected chi connectivity index (χ1v) is 5.68. The lowest BCUT2D eigenvalue weighted by Gasteiger charge is -2.11. The van der Waals surface area contributed by atoms with E-state index in [1.54, 1.807) is 6.92 Å². The summed E-state index contributed by atoms with van der Waals surface area (Å²) in [5.74, 6) is -0.569. The van der Waals surface area contributed by atoms with Crippen molar-refractivity contribution < 1.29 is 14.6 Å². The van der Waals surface area contributed by atoms with Gasteiger partial charge in [0.25, 0.3) is 0 Å². The van der Waals surface area contributed by atoms with Gasteiger partial charge in [0.15, 0.2) is 6.10 Å². The molecule has 0 spiro atoms. The largest absolute Gasteiger partial charge is 0.464 e. The van der Waals surface area contributed by atoms with Gasteiger partial charge in [-0.15, -0.1) is 0 Å². The molecule has 0 aromatic heterocycles. The molecule has 1 aliphatic rings. The van der Waals surface area contributed by atoms with Crippen LogP contribution in [0.5, 0.6) is 0 Å². The van der Waals surface area contributed by atoms with Gasteiger partial charge in [0.1, 0.15) is 0 Å². The van der Waals surface area contributed by atoms with Gasteiger partial charge in [0.05, 0.1) is 6.61 Å². The predicted molar refractivity (Wildman–Crippen MR) is 60.1 cm³/mol. The van der Waals surface area contributed by atoms with Crippen LogP contribution in [0.25, 0.3) is 0 Å². The van der Waals surface area contributed by atoms with Crippen LogP contribution in [0, 0.1) is 0 Å². The molecule has 0 saturated heterocycles. The van der Waals surface area contributed by atoms with E-state index < -0.39 is 12.1 Å². The number of esters is 1. The highest BCUT2D eigenvalue weighted by Crippen LogP contribution is 2.25. The van der Waals surface area contributed by atoms with Crippen LogP contribution in [0.3, 0.4) is 0 Å². The lowest BCUT2D eigenvalue weighted by Crippen LogP contribution is -2.15. The van der Waals surface area contributed by atoms with E-state index in [-0.39, 0.29) is 0 Å². The third-order valence-corrected chi connectivity index (χ3v) is 2.95. The Labute approximate surface area is 95.0 Å². The number of aryl methyl sites for hydroxylation is 2. The molecule has 1 aliphatic carbocycles. The first kappa shape index (κ1) is 11.1. The zero-order chi connectivity index (χ0) is 11.5. The van der Waals surface area contributed by atoms with E-state index in [1.165, 1.54) is 11.1 Å². The Morgan fingerprint density at radius 1 is 1.44 bits per heavy atom. The number of benzene rings is 1. The molecule has 1 aromatic rings. The van der Waals surface area contributed by atoms with Gasteiger partial charge in [-0.2, -0.15) is 0 Å². The Bertz CT molecular complexity index is 398. The van der Waals surface area contributed by atoms with E-state index in [0.717, 1.165) is 19.3 Å². The quantitative estimate of drug-likeness (QED) is 0.790. The second-order valence-electron chi connectivity index (χ2n) is 4.04. The summed E-state index contributed by atoms with van der Waals surface area (Å²) in [4.78, 5) is 11.4. The van der Waals surface area contributed by atoms with Crippen molar-refractivity contribution in [1.82, 2.24) is 0 Å². The minimum atomic E-state index is -1.15. The van der Waals surface area contributed by atoms with Gasteiger partial charge in [-0.1, -0.05) is 18.2 Å². The average Bonchev–Trinajstić information content (AvgIpc) is 2.75. The van der Waals surface area contributed by atoms with Gasteiger partial charge in [-0.05, 0) is 42.9 Å². The first-order chi connectivity index (χ1) is 7.72. The number of fused-ring (bicyclic) bond motifs is 1. The van der Waals surface area contributed by atoms with E-state index in [9.17, 15) is 9.90 Å². The zero-order valence-corrected chi connectivity index (χ0v) is 9.40. The average molecular weight is 220 g/mol. The number of aliphatic hydroxyl groups is 1. The number of aliphatic hydroxyl groups excluding tert-OH is 1. The maximum absolute atomic E-state index is 11.4. The van der Waals surface area contributed by atoms with E-state index in [2.05, 4.69) is 0 Å². The van der Waals surface area contributed by atoms with Crippen LogP contribution >= 0.6 is 0 Å². The number of rotatable bonds is 3.